The molecule has 43 heavy (non-hydrogen) atoms. The second kappa shape index (κ2) is 11.1. The molecule has 6 rings (SSSR count). The number of Topliss-reactive ketones (excluding diaryl/α,β-unsaturated/α-hetero) is 1. The van der Waals surface area contributed by atoms with Gasteiger partial charge in [0.1, 0.15) is 36.1 Å². The van der Waals surface area contributed by atoms with E-state index < -0.39 is 29.8 Å². The second-order valence-corrected chi connectivity index (χ2v) is 10.2. The van der Waals surface area contributed by atoms with Crippen molar-refractivity contribution >= 4 is 34.3 Å². The minimum Gasteiger partial charge on any atom is -0.326 e. The molecule has 0 saturated carbocycles. The number of amides is 2. The van der Waals surface area contributed by atoms with Gasteiger partial charge in [0, 0.05) is 49.0 Å². The number of aromatic nitrogens is 7. The molecule has 14 heteroatoms. The molecular weight excluding hydrogens is 560 g/mol. The number of halogens is 2. The number of nitrogens with one attached hydrogen (secondary N) is 1. The summed E-state index contributed by atoms with van der Waals surface area (Å²) < 4.78 is 30.5. The van der Waals surface area contributed by atoms with Crippen LogP contribution in [0.15, 0.2) is 61.2 Å². The van der Waals surface area contributed by atoms with Gasteiger partial charge in [0.25, 0.3) is 0 Å². The number of hydrogen-bond donors (Lipinski definition) is 1. The maximum atomic E-state index is 14.6. The minimum absolute atomic E-state index is 0.157. The van der Waals surface area contributed by atoms with E-state index in [1.165, 1.54) is 45.6 Å². The van der Waals surface area contributed by atoms with E-state index in [1.807, 2.05) is 6.07 Å². The summed E-state index contributed by atoms with van der Waals surface area (Å²) >= 11 is 0. The van der Waals surface area contributed by atoms with E-state index >= 15 is 0 Å². The average molecular weight is 586 g/mol. The van der Waals surface area contributed by atoms with Crippen LogP contribution in [-0.4, -0.2) is 75.8 Å². The van der Waals surface area contributed by atoms with E-state index in [1.54, 1.807) is 31.5 Å². The largest absolute Gasteiger partial charge is 0.326 e. The van der Waals surface area contributed by atoms with Crippen LogP contribution in [0, 0.1) is 12.7 Å². The maximum absolute atomic E-state index is 14.6. The number of rotatable bonds is 7. The van der Waals surface area contributed by atoms with Crippen LogP contribution < -0.4 is 5.32 Å². The summed E-state index contributed by atoms with van der Waals surface area (Å²) in [7, 11) is 0. The van der Waals surface area contributed by atoms with Crippen LogP contribution in [0.4, 0.5) is 14.6 Å². The van der Waals surface area contributed by atoms with Crippen LogP contribution >= 0.6 is 0 Å². The normalized spacial score (nSPS) is 16.5. The molecule has 1 aromatic carbocycles. The number of nitrogens with zero attached hydrogens (tertiary/aromatic N) is 8. The predicted octanol–water partition coefficient (Wildman–Crippen LogP) is 3.30. The van der Waals surface area contributed by atoms with Crippen molar-refractivity contribution in [2.24, 2.45) is 0 Å². The highest BCUT2D eigenvalue weighted by molar-refractivity contribution is 6.06. The Kier molecular flexibility index (Phi) is 7.17. The van der Waals surface area contributed by atoms with E-state index in [-0.39, 0.29) is 36.8 Å². The summed E-state index contributed by atoms with van der Waals surface area (Å²) in [6, 6.07) is 8.42. The molecule has 1 aliphatic rings. The summed E-state index contributed by atoms with van der Waals surface area (Å²) in [5.41, 5.74) is 2.25. The van der Waals surface area contributed by atoms with Gasteiger partial charge in [-0.05, 0) is 36.8 Å². The summed E-state index contributed by atoms with van der Waals surface area (Å²) in [5.74, 6) is -0.807. The number of carbonyl (C=O) groups is 3. The van der Waals surface area contributed by atoms with Gasteiger partial charge in [-0.15, -0.1) is 5.10 Å². The Morgan fingerprint density at radius 2 is 1.79 bits per heavy atom. The molecule has 2 amide bonds. The SMILES string of the molecule is CC(=O)c1nn(CC(=O)N2C[C@H](F)C[C@H]2C(=O)Nc2ccn(-c3ccc(F)cn3)n2)c2ccc(-c3cnc(C)nc3)cc12. The lowest BCUT2D eigenvalue weighted by Crippen LogP contribution is -2.44. The van der Waals surface area contributed by atoms with Gasteiger partial charge in [0.2, 0.25) is 11.8 Å². The van der Waals surface area contributed by atoms with Crippen LogP contribution in [0.25, 0.3) is 27.8 Å². The fraction of sp³-hybridized carbons (Fsp3) is 0.241. The van der Waals surface area contributed by atoms with E-state index in [4.69, 9.17) is 0 Å². The Morgan fingerprint density at radius 3 is 2.51 bits per heavy atom. The summed E-state index contributed by atoms with van der Waals surface area (Å²) in [5, 5.41) is 11.8. The first-order valence-corrected chi connectivity index (χ1v) is 13.4. The Bertz CT molecular complexity index is 1850. The Balaban J connectivity index is 1.21. The first-order valence-electron chi connectivity index (χ1n) is 13.4. The molecule has 0 aliphatic carbocycles. The van der Waals surface area contributed by atoms with E-state index in [0.29, 0.717) is 22.5 Å². The smallest absolute Gasteiger partial charge is 0.248 e. The van der Waals surface area contributed by atoms with Gasteiger partial charge in [-0.1, -0.05) is 6.07 Å². The monoisotopic (exact) mass is 585 g/mol. The molecule has 12 nitrogen and oxygen atoms in total. The number of benzene rings is 1. The standard InChI is InChI=1S/C29H25F2N9O3/c1-16(41)28-22-9-18(19-11-32-17(2)33-12-19)3-5-23(22)40(37-28)15-27(42)38-14-21(31)10-24(38)29(43)35-25-7-8-39(36-25)26-6-4-20(30)13-34-26/h3-9,11-13,21,24H,10,14-15H2,1-2H3,(H,35,36,43)/t21-,24+/m1/s1. The number of hydrogen-bond acceptors (Lipinski definition) is 8. The molecule has 5 aromatic rings. The fourth-order valence-corrected chi connectivity index (χ4v) is 5.04. The van der Waals surface area contributed by atoms with Crippen molar-refractivity contribution in [1.29, 1.82) is 0 Å². The average Bonchev–Trinajstić information content (AvgIpc) is 3.71. The minimum atomic E-state index is -1.40. The molecule has 1 fully saturated rings. The third kappa shape index (κ3) is 5.58. The number of fused-ring (bicyclic) bond motifs is 1. The zero-order valence-corrected chi connectivity index (χ0v) is 23.1. The number of carbonyl (C=O) groups excluding carboxylic acids is 3. The summed E-state index contributed by atoms with van der Waals surface area (Å²) in [6.07, 6.45) is 4.35. The second-order valence-electron chi connectivity index (χ2n) is 10.2. The van der Waals surface area contributed by atoms with Gasteiger partial charge in [0.05, 0.1) is 18.3 Å². The Labute approximate surface area is 243 Å². The van der Waals surface area contributed by atoms with Gasteiger partial charge in [-0.3, -0.25) is 19.1 Å². The topological polar surface area (TPSA) is 141 Å². The zero-order valence-electron chi connectivity index (χ0n) is 23.1. The molecule has 1 saturated heterocycles. The molecule has 218 valence electrons. The molecule has 2 atom stereocenters. The molecule has 0 radical (unpaired) electrons. The summed E-state index contributed by atoms with van der Waals surface area (Å²) in [6.45, 7) is 2.60. The molecule has 0 unspecified atom stereocenters. The lowest BCUT2D eigenvalue weighted by Gasteiger charge is -2.23. The van der Waals surface area contributed by atoms with Crippen molar-refractivity contribution in [3.05, 3.63) is 78.5 Å². The van der Waals surface area contributed by atoms with Crippen LogP contribution in [0.3, 0.4) is 0 Å². The van der Waals surface area contributed by atoms with Gasteiger partial charge in [-0.2, -0.15) is 5.10 Å². The van der Waals surface area contributed by atoms with Gasteiger partial charge >= 0.3 is 0 Å². The van der Waals surface area contributed by atoms with Crippen LogP contribution in [-0.2, 0) is 16.1 Å². The van der Waals surface area contributed by atoms with Crippen molar-refractivity contribution in [3.8, 4) is 16.9 Å². The zero-order chi connectivity index (χ0) is 30.2. The molecule has 1 aliphatic heterocycles. The molecule has 4 aromatic heterocycles. The first kappa shape index (κ1) is 27.8. The predicted molar refractivity (Wildman–Crippen MR) is 150 cm³/mol. The van der Waals surface area contributed by atoms with Crippen LogP contribution in [0.2, 0.25) is 0 Å². The van der Waals surface area contributed by atoms with Crippen molar-refractivity contribution in [2.75, 3.05) is 11.9 Å². The number of alkyl halides is 1. The molecule has 0 bridgehead atoms. The number of aryl methyl sites for hydroxylation is 1. The highest BCUT2D eigenvalue weighted by atomic mass is 19.1. The Hall–Kier alpha value is -5.40. The van der Waals surface area contributed by atoms with Gasteiger partial charge < -0.3 is 10.2 Å². The van der Waals surface area contributed by atoms with Gasteiger partial charge in [-0.25, -0.2) is 28.4 Å². The fourth-order valence-electron chi connectivity index (χ4n) is 5.04. The van der Waals surface area contributed by atoms with Crippen molar-refractivity contribution in [3.63, 3.8) is 0 Å². The highest BCUT2D eigenvalue weighted by Gasteiger charge is 2.40. The number of likely N-dealkylation sites (tertiary alicyclic amines) is 1. The van der Waals surface area contributed by atoms with Gasteiger partial charge in [0.15, 0.2) is 17.4 Å². The lowest BCUT2D eigenvalue weighted by molar-refractivity contribution is -0.137. The molecule has 1 N–H and O–H groups in total. The van der Waals surface area contributed by atoms with Crippen molar-refractivity contribution < 1.29 is 23.2 Å². The number of ketones is 1. The molecule has 5 heterocycles. The third-order valence-electron chi connectivity index (χ3n) is 7.14. The van der Waals surface area contributed by atoms with E-state index in [9.17, 15) is 23.2 Å². The number of pyridine rings is 1. The van der Waals surface area contributed by atoms with E-state index in [2.05, 4.69) is 30.5 Å². The van der Waals surface area contributed by atoms with E-state index in [0.717, 1.165) is 17.3 Å². The third-order valence-corrected chi connectivity index (χ3v) is 7.14. The first-order chi connectivity index (χ1) is 20.7. The quantitative estimate of drug-likeness (QED) is 0.287. The maximum Gasteiger partial charge on any atom is 0.248 e. The summed E-state index contributed by atoms with van der Waals surface area (Å²) in [4.78, 5) is 52.6. The van der Waals surface area contributed by atoms with Crippen LogP contribution in [0.1, 0.15) is 29.7 Å². The van der Waals surface area contributed by atoms with Crippen molar-refractivity contribution in [1.82, 2.24) is 39.4 Å². The Morgan fingerprint density at radius 1 is 1.00 bits per heavy atom. The van der Waals surface area contributed by atoms with Crippen molar-refractivity contribution in [2.45, 2.75) is 39.0 Å². The lowest BCUT2D eigenvalue weighted by atomic mass is 10.0. The highest BCUT2D eigenvalue weighted by Crippen LogP contribution is 2.28. The molecular formula is C29H25F2N9O3. The number of anilines is 1. The molecule has 0 spiro atoms. The van der Waals surface area contributed by atoms with Crippen LogP contribution in [0.5, 0.6) is 0 Å².